The first-order valence-corrected chi connectivity index (χ1v) is 11.6. The van der Waals surface area contributed by atoms with Crippen LogP contribution in [0.3, 0.4) is 0 Å². The number of nitrogens with zero attached hydrogens (tertiary/aromatic N) is 1. The summed E-state index contributed by atoms with van der Waals surface area (Å²) in [6.07, 6.45) is -4.15. The largest absolute Gasteiger partial charge is 0.586 e. The number of carbonyl (C=O) groups excluding carboxylic acids is 1. The van der Waals surface area contributed by atoms with Crippen LogP contribution in [0.4, 0.5) is 14.5 Å². The molecule has 10 heteroatoms. The van der Waals surface area contributed by atoms with Crippen molar-refractivity contribution >= 4 is 28.5 Å². The van der Waals surface area contributed by atoms with Crippen LogP contribution in [0.15, 0.2) is 42.5 Å². The number of nitrogens with one attached hydrogen (secondary N) is 1. The van der Waals surface area contributed by atoms with Gasteiger partial charge < -0.3 is 29.6 Å². The Morgan fingerprint density at radius 2 is 1.81 bits per heavy atom. The standard InChI is InChI=1S/C26H26F2N2O6.2H2/c1-24(2,3)21-11-14-10-16(5-6-17(14)30(21)13-18(31)22(32)33)29-23(34)25(8-9-25)15-4-7-19-20(12-15)36-26(27,28)35-19;;/h4-7,10-12,18,31H,8-9,13H2,1-3H3,(H,29,34)(H,32,33);2*1H/t18-;;/m1../s1. The maximum Gasteiger partial charge on any atom is 0.586 e. The Hall–Kier alpha value is -3.66. The molecule has 0 bridgehead atoms. The van der Waals surface area contributed by atoms with E-state index < -0.39 is 23.8 Å². The van der Waals surface area contributed by atoms with E-state index in [0.29, 0.717) is 24.1 Å². The van der Waals surface area contributed by atoms with Crippen molar-refractivity contribution in [2.24, 2.45) is 0 Å². The summed E-state index contributed by atoms with van der Waals surface area (Å²) < 4.78 is 37.6. The maximum atomic E-state index is 13.4. The van der Waals surface area contributed by atoms with Gasteiger partial charge in [-0.15, -0.1) is 8.78 Å². The second-order valence-corrected chi connectivity index (χ2v) is 10.4. The highest BCUT2D eigenvalue weighted by Gasteiger charge is 2.52. The molecule has 5 rings (SSSR count). The minimum Gasteiger partial charge on any atom is -0.479 e. The van der Waals surface area contributed by atoms with Gasteiger partial charge in [-0.25, -0.2) is 4.79 Å². The SMILES string of the molecule is CC(C)(C)c1cc2cc(NC(=O)C3(c4ccc5c(c4)OC(F)(F)O5)CC3)ccc2n1C[C@@H](O)C(=O)O.[HH].[HH]. The molecule has 3 aromatic rings. The summed E-state index contributed by atoms with van der Waals surface area (Å²) in [5, 5.41) is 22.9. The van der Waals surface area contributed by atoms with E-state index in [4.69, 9.17) is 0 Å². The number of carbonyl (C=O) groups is 2. The number of carboxylic acids is 1. The first-order valence-electron chi connectivity index (χ1n) is 11.6. The first-order chi connectivity index (χ1) is 16.8. The van der Waals surface area contributed by atoms with Crippen molar-refractivity contribution in [3.8, 4) is 11.5 Å². The zero-order chi connectivity index (χ0) is 26.0. The van der Waals surface area contributed by atoms with Gasteiger partial charge in [-0.3, -0.25) is 4.79 Å². The molecule has 0 saturated heterocycles. The number of hydrogen-bond acceptors (Lipinski definition) is 5. The van der Waals surface area contributed by atoms with Gasteiger partial charge in [-0.2, -0.15) is 0 Å². The number of hydrogen-bond donors (Lipinski definition) is 3. The topological polar surface area (TPSA) is 110 Å². The van der Waals surface area contributed by atoms with E-state index in [1.807, 2.05) is 26.8 Å². The van der Waals surface area contributed by atoms with E-state index in [1.54, 1.807) is 28.8 Å². The van der Waals surface area contributed by atoms with Crippen LogP contribution in [0.25, 0.3) is 10.9 Å². The molecule has 8 nitrogen and oxygen atoms in total. The molecule has 0 spiro atoms. The predicted molar refractivity (Wildman–Crippen MR) is 131 cm³/mol. The Kier molecular flexibility index (Phi) is 5.29. The number of carboxylic acid groups (broad SMARTS) is 1. The van der Waals surface area contributed by atoms with Crippen molar-refractivity contribution in [3.05, 3.63) is 53.7 Å². The second-order valence-electron chi connectivity index (χ2n) is 10.4. The molecule has 0 unspecified atom stereocenters. The van der Waals surface area contributed by atoms with Gasteiger partial charge in [0.1, 0.15) is 0 Å². The van der Waals surface area contributed by atoms with Crippen molar-refractivity contribution in [1.29, 1.82) is 0 Å². The molecule has 194 valence electrons. The van der Waals surface area contributed by atoms with E-state index in [9.17, 15) is 28.6 Å². The van der Waals surface area contributed by atoms with E-state index in [2.05, 4.69) is 14.8 Å². The fraction of sp³-hybridized carbons (Fsp3) is 0.385. The third kappa shape index (κ3) is 4.15. The minimum atomic E-state index is -3.72. The van der Waals surface area contributed by atoms with E-state index in [-0.39, 0.29) is 32.2 Å². The predicted octanol–water partition coefficient (Wildman–Crippen LogP) is 4.87. The number of ether oxygens (including phenoxy) is 2. The highest BCUT2D eigenvalue weighted by Crippen LogP contribution is 2.52. The van der Waals surface area contributed by atoms with Gasteiger partial charge in [0.2, 0.25) is 5.91 Å². The number of anilines is 1. The van der Waals surface area contributed by atoms with Crippen LogP contribution in [0.5, 0.6) is 11.5 Å². The molecular weight excluding hydrogens is 474 g/mol. The minimum absolute atomic E-state index is 0. The van der Waals surface area contributed by atoms with Crippen LogP contribution in [-0.2, 0) is 27.0 Å². The lowest BCUT2D eigenvalue weighted by Gasteiger charge is -2.23. The summed E-state index contributed by atoms with van der Waals surface area (Å²) in [7, 11) is 0. The fourth-order valence-electron chi connectivity index (χ4n) is 4.69. The molecule has 2 aliphatic rings. The number of aliphatic hydroxyl groups excluding tert-OH is 1. The lowest BCUT2D eigenvalue weighted by Crippen LogP contribution is -2.28. The van der Waals surface area contributed by atoms with Crippen molar-refractivity contribution in [2.45, 2.75) is 63.4 Å². The Labute approximate surface area is 208 Å². The normalized spacial score (nSPS) is 18.2. The van der Waals surface area contributed by atoms with Crippen LogP contribution >= 0.6 is 0 Å². The molecular formula is C26H30F2N2O6. The smallest absolute Gasteiger partial charge is 0.479 e. The van der Waals surface area contributed by atoms with Gasteiger partial charge in [0.25, 0.3) is 0 Å². The van der Waals surface area contributed by atoms with E-state index >= 15 is 0 Å². The number of amides is 1. The fourth-order valence-corrected chi connectivity index (χ4v) is 4.69. The number of rotatable bonds is 6. The van der Waals surface area contributed by atoms with Gasteiger partial charge in [0.15, 0.2) is 17.6 Å². The zero-order valence-corrected chi connectivity index (χ0v) is 20.0. The summed E-state index contributed by atoms with van der Waals surface area (Å²) in [6, 6.07) is 11.6. The van der Waals surface area contributed by atoms with Crippen LogP contribution in [-0.4, -0.2) is 39.1 Å². The van der Waals surface area contributed by atoms with Crippen molar-refractivity contribution in [1.82, 2.24) is 4.57 Å². The molecule has 2 aromatic carbocycles. The van der Waals surface area contributed by atoms with Crippen molar-refractivity contribution in [2.75, 3.05) is 5.32 Å². The molecule has 1 atom stereocenters. The lowest BCUT2D eigenvalue weighted by molar-refractivity contribution is -0.286. The third-order valence-electron chi connectivity index (χ3n) is 6.71. The Morgan fingerprint density at radius 1 is 1.11 bits per heavy atom. The molecule has 1 aliphatic heterocycles. The number of fused-ring (bicyclic) bond motifs is 2. The lowest BCUT2D eigenvalue weighted by atomic mass is 9.92. The van der Waals surface area contributed by atoms with Gasteiger partial charge >= 0.3 is 12.3 Å². The Morgan fingerprint density at radius 3 is 2.44 bits per heavy atom. The Bertz CT molecular complexity index is 1400. The molecule has 1 saturated carbocycles. The maximum absolute atomic E-state index is 13.4. The molecule has 2 heterocycles. The number of halogens is 2. The molecule has 36 heavy (non-hydrogen) atoms. The van der Waals surface area contributed by atoms with Crippen LogP contribution in [0.2, 0.25) is 0 Å². The molecule has 1 fully saturated rings. The highest BCUT2D eigenvalue weighted by molar-refractivity contribution is 6.02. The summed E-state index contributed by atoms with van der Waals surface area (Å²) in [4.78, 5) is 24.5. The summed E-state index contributed by atoms with van der Waals surface area (Å²) >= 11 is 0. The monoisotopic (exact) mass is 504 g/mol. The number of aromatic nitrogens is 1. The molecule has 1 aliphatic carbocycles. The number of aliphatic hydroxyl groups is 1. The number of alkyl halides is 2. The third-order valence-corrected chi connectivity index (χ3v) is 6.71. The van der Waals surface area contributed by atoms with E-state index in [0.717, 1.165) is 16.6 Å². The van der Waals surface area contributed by atoms with Crippen LogP contribution in [0, 0.1) is 0 Å². The van der Waals surface area contributed by atoms with Gasteiger partial charge in [0.05, 0.1) is 12.0 Å². The second kappa shape index (κ2) is 7.92. The summed E-state index contributed by atoms with van der Waals surface area (Å²) in [6.45, 7) is 5.87. The molecule has 0 radical (unpaired) electrons. The van der Waals surface area contributed by atoms with Crippen LogP contribution < -0.4 is 14.8 Å². The van der Waals surface area contributed by atoms with Gasteiger partial charge in [-0.05, 0) is 54.8 Å². The molecule has 3 N–H and O–H groups in total. The van der Waals surface area contributed by atoms with Crippen molar-refractivity contribution in [3.63, 3.8) is 0 Å². The number of aliphatic carboxylic acids is 1. The average molecular weight is 505 g/mol. The average Bonchev–Trinajstić information content (AvgIpc) is 3.42. The Balaban J connectivity index is 0.00000200. The van der Waals surface area contributed by atoms with Crippen molar-refractivity contribution < 1.29 is 40.9 Å². The molecule has 1 aromatic heterocycles. The van der Waals surface area contributed by atoms with Gasteiger partial charge in [0, 0.05) is 30.6 Å². The highest BCUT2D eigenvalue weighted by atomic mass is 19.3. The summed E-state index contributed by atoms with van der Waals surface area (Å²) in [5.74, 6) is -1.73. The van der Waals surface area contributed by atoms with Gasteiger partial charge in [-0.1, -0.05) is 26.8 Å². The first kappa shape index (κ1) is 24.1. The summed E-state index contributed by atoms with van der Waals surface area (Å²) in [5.41, 5.74) is 1.52. The van der Waals surface area contributed by atoms with Crippen LogP contribution in [0.1, 0.15) is 47.7 Å². The quantitative estimate of drug-likeness (QED) is 0.442. The van der Waals surface area contributed by atoms with E-state index in [1.165, 1.54) is 12.1 Å². The molecule has 1 amide bonds. The zero-order valence-electron chi connectivity index (χ0n) is 20.0. The number of benzene rings is 2.